The summed E-state index contributed by atoms with van der Waals surface area (Å²) < 4.78 is 11.2. The van der Waals surface area contributed by atoms with E-state index in [9.17, 15) is 0 Å². The molecule has 1 atom stereocenters. The molecule has 6 heteroatoms. The molecule has 6 nitrogen and oxygen atoms in total. The lowest BCUT2D eigenvalue weighted by Gasteiger charge is -2.34. The fraction of sp³-hybridized carbons (Fsp3) is 1.00. The molecule has 1 saturated heterocycles. The molecule has 1 heterocycles. The number of hydrogen-bond acceptors (Lipinski definition) is 6. The Morgan fingerprint density at radius 1 is 0.957 bits per heavy atom. The van der Waals surface area contributed by atoms with Crippen molar-refractivity contribution in [2.45, 2.75) is 20.3 Å². The fourth-order valence-corrected chi connectivity index (χ4v) is 2.55. The Balaban J connectivity index is 1.88. The van der Waals surface area contributed by atoms with Crippen molar-refractivity contribution in [1.82, 2.24) is 15.1 Å². The number of nitrogens with one attached hydrogen (secondary N) is 1. The normalized spacial score (nSPS) is 18.4. The minimum atomic E-state index is 0.612. The van der Waals surface area contributed by atoms with E-state index in [1.807, 2.05) is 0 Å². The lowest BCUT2D eigenvalue weighted by molar-refractivity contribution is 0.0587. The van der Waals surface area contributed by atoms with Crippen molar-refractivity contribution in [3.63, 3.8) is 0 Å². The van der Waals surface area contributed by atoms with Crippen LogP contribution in [0.3, 0.4) is 0 Å². The largest absolute Gasteiger partial charge is 0.379 e. The van der Waals surface area contributed by atoms with E-state index in [4.69, 9.17) is 15.2 Å². The first-order valence-corrected chi connectivity index (χ1v) is 9.27. The first-order valence-electron chi connectivity index (χ1n) is 9.27. The molecule has 3 N–H and O–H groups in total. The van der Waals surface area contributed by atoms with Gasteiger partial charge < -0.3 is 20.5 Å². The SMILES string of the molecule is CCC(C)CNCCOCCN1CCN(CCOCCN)CC1. The van der Waals surface area contributed by atoms with E-state index >= 15 is 0 Å². The van der Waals surface area contributed by atoms with Gasteiger partial charge in [-0.05, 0) is 12.5 Å². The molecule has 0 amide bonds. The molecule has 0 aromatic rings. The molecule has 1 fully saturated rings. The molecule has 0 bridgehead atoms. The standard InChI is InChI=1S/C17H38N4O2/c1-3-17(2)16-19-5-13-23-15-11-21-8-6-20(7-9-21)10-14-22-12-4-18/h17,19H,3-16,18H2,1-2H3. The number of hydrogen-bond donors (Lipinski definition) is 2. The van der Waals surface area contributed by atoms with Crippen LogP contribution in [0.15, 0.2) is 0 Å². The molecule has 0 aromatic heterocycles. The number of piperazine rings is 1. The first kappa shape index (κ1) is 20.8. The summed E-state index contributed by atoms with van der Waals surface area (Å²) in [5.74, 6) is 0.756. The second-order valence-corrected chi connectivity index (χ2v) is 6.41. The summed E-state index contributed by atoms with van der Waals surface area (Å²) in [5.41, 5.74) is 5.41. The number of rotatable bonds is 14. The molecule has 0 aliphatic carbocycles. The third-order valence-electron chi connectivity index (χ3n) is 4.44. The smallest absolute Gasteiger partial charge is 0.0594 e. The predicted molar refractivity (Wildman–Crippen MR) is 95.9 cm³/mol. The average molecular weight is 331 g/mol. The predicted octanol–water partition coefficient (Wildman–Crippen LogP) is 0.232. The van der Waals surface area contributed by atoms with Crippen LogP contribution in [0, 0.1) is 5.92 Å². The summed E-state index contributed by atoms with van der Waals surface area (Å²) in [6.45, 7) is 16.9. The highest BCUT2D eigenvalue weighted by Gasteiger charge is 2.15. The molecule has 1 aliphatic heterocycles. The topological polar surface area (TPSA) is 63.0 Å². The van der Waals surface area contributed by atoms with Crippen molar-refractivity contribution in [2.75, 3.05) is 85.3 Å². The van der Waals surface area contributed by atoms with E-state index in [0.717, 1.165) is 78.1 Å². The fourth-order valence-electron chi connectivity index (χ4n) is 2.55. The Bertz CT molecular complexity index is 261. The number of ether oxygens (including phenoxy) is 2. The highest BCUT2D eigenvalue weighted by Crippen LogP contribution is 2.01. The molecule has 1 aliphatic rings. The summed E-state index contributed by atoms with van der Waals surface area (Å²) in [4.78, 5) is 4.95. The molecular weight excluding hydrogens is 292 g/mol. The van der Waals surface area contributed by atoms with Gasteiger partial charge in [-0.2, -0.15) is 0 Å². The zero-order chi connectivity index (χ0) is 16.8. The van der Waals surface area contributed by atoms with Crippen LogP contribution in [0.1, 0.15) is 20.3 Å². The van der Waals surface area contributed by atoms with E-state index in [-0.39, 0.29) is 0 Å². The van der Waals surface area contributed by atoms with Gasteiger partial charge in [-0.25, -0.2) is 0 Å². The van der Waals surface area contributed by atoms with Gasteiger partial charge in [0.1, 0.15) is 0 Å². The van der Waals surface area contributed by atoms with Crippen molar-refractivity contribution in [3.8, 4) is 0 Å². The Morgan fingerprint density at radius 2 is 1.52 bits per heavy atom. The van der Waals surface area contributed by atoms with Crippen molar-refractivity contribution in [2.24, 2.45) is 11.7 Å². The number of nitrogens with zero attached hydrogens (tertiary/aromatic N) is 2. The van der Waals surface area contributed by atoms with Crippen LogP contribution in [0.2, 0.25) is 0 Å². The van der Waals surface area contributed by atoms with Crippen molar-refractivity contribution >= 4 is 0 Å². The second-order valence-electron chi connectivity index (χ2n) is 6.41. The molecule has 0 saturated carbocycles. The Kier molecular flexibility index (Phi) is 12.8. The van der Waals surface area contributed by atoms with E-state index in [0.29, 0.717) is 13.2 Å². The van der Waals surface area contributed by atoms with Crippen molar-refractivity contribution in [3.05, 3.63) is 0 Å². The summed E-state index contributed by atoms with van der Waals surface area (Å²) >= 11 is 0. The third-order valence-corrected chi connectivity index (χ3v) is 4.44. The first-order chi connectivity index (χ1) is 11.3. The van der Waals surface area contributed by atoms with Crippen LogP contribution in [0.4, 0.5) is 0 Å². The Labute approximate surface area is 142 Å². The van der Waals surface area contributed by atoms with Crippen molar-refractivity contribution in [1.29, 1.82) is 0 Å². The van der Waals surface area contributed by atoms with Gasteiger partial charge in [0, 0.05) is 52.4 Å². The lowest BCUT2D eigenvalue weighted by Crippen LogP contribution is -2.48. The third kappa shape index (κ3) is 11.0. The van der Waals surface area contributed by atoms with Gasteiger partial charge in [-0.1, -0.05) is 20.3 Å². The molecule has 0 aromatic carbocycles. The molecule has 0 radical (unpaired) electrons. The maximum atomic E-state index is 5.72. The van der Waals surface area contributed by atoms with Gasteiger partial charge in [0.05, 0.1) is 26.4 Å². The summed E-state index contributed by atoms with van der Waals surface area (Å²) in [6, 6.07) is 0. The van der Waals surface area contributed by atoms with Crippen LogP contribution >= 0.6 is 0 Å². The second kappa shape index (κ2) is 14.1. The Morgan fingerprint density at radius 3 is 2.04 bits per heavy atom. The molecule has 0 spiro atoms. The maximum Gasteiger partial charge on any atom is 0.0594 e. The molecule has 138 valence electrons. The Hall–Kier alpha value is -0.240. The molecular formula is C17H38N4O2. The van der Waals surface area contributed by atoms with Crippen molar-refractivity contribution < 1.29 is 9.47 Å². The van der Waals surface area contributed by atoms with Gasteiger partial charge in [0.2, 0.25) is 0 Å². The summed E-state index contributed by atoms with van der Waals surface area (Å²) in [6.07, 6.45) is 1.24. The van der Waals surface area contributed by atoms with Gasteiger partial charge in [-0.15, -0.1) is 0 Å². The molecule has 1 unspecified atom stereocenters. The summed E-state index contributed by atoms with van der Waals surface area (Å²) in [5, 5.41) is 3.44. The van der Waals surface area contributed by atoms with E-state index in [1.54, 1.807) is 0 Å². The van der Waals surface area contributed by atoms with Gasteiger partial charge in [-0.3, -0.25) is 9.80 Å². The van der Waals surface area contributed by atoms with Crippen LogP contribution in [-0.4, -0.2) is 95.1 Å². The quantitative estimate of drug-likeness (QED) is 0.445. The minimum absolute atomic E-state index is 0.612. The minimum Gasteiger partial charge on any atom is -0.379 e. The van der Waals surface area contributed by atoms with Crippen LogP contribution in [0.5, 0.6) is 0 Å². The number of nitrogens with two attached hydrogens (primary N) is 1. The van der Waals surface area contributed by atoms with Crippen LogP contribution in [0.25, 0.3) is 0 Å². The van der Waals surface area contributed by atoms with Gasteiger partial charge >= 0.3 is 0 Å². The molecule has 23 heavy (non-hydrogen) atoms. The van der Waals surface area contributed by atoms with E-state index < -0.39 is 0 Å². The zero-order valence-electron chi connectivity index (χ0n) is 15.3. The average Bonchev–Trinajstić information content (AvgIpc) is 2.58. The van der Waals surface area contributed by atoms with Crippen LogP contribution < -0.4 is 11.1 Å². The van der Waals surface area contributed by atoms with E-state index in [2.05, 4.69) is 29.0 Å². The van der Waals surface area contributed by atoms with Crippen LogP contribution in [-0.2, 0) is 9.47 Å². The highest BCUT2D eigenvalue weighted by atomic mass is 16.5. The van der Waals surface area contributed by atoms with Gasteiger partial charge in [0.25, 0.3) is 0 Å². The monoisotopic (exact) mass is 330 g/mol. The molecule has 1 rings (SSSR count). The lowest BCUT2D eigenvalue weighted by atomic mass is 10.1. The van der Waals surface area contributed by atoms with E-state index in [1.165, 1.54) is 6.42 Å². The van der Waals surface area contributed by atoms with Gasteiger partial charge in [0.15, 0.2) is 0 Å². The zero-order valence-corrected chi connectivity index (χ0v) is 15.3. The highest BCUT2D eigenvalue weighted by molar-refractivity contribution is 4.71. The maximum absolute atomic E-state index is 5.72. The summed E-state index contributed by atoms with van der Waals surface area (Å²) in [7, 11) is 0.